The van der Waals surface area contributed by atoms with Crippen LogP contribution in [-0.4, -0.2) is 35.2 Å². The Labute approximate surface area is 88.3 Å². The van der Waals surface area contributed by atoms with Crippen molar-refractivity contribution in [2.75, 3.05) is 13.1 Å². The molecule has 0 aromatic heterocycles. The zero-order valence-electron chi connectivity index (χ0n) is 9.87. The average Bonchev–Trinajstić information content (AvgIpc) is 2.86. The Balaban J connectivity index is 2.30. The second kappa shape index (κ2) is 5.72. The standard InChI is InChI=1S/C12H25NO/c1-4-7-13(9-12-5-6-12)10(2)8-11(3)14/h10-12,14H,4-9H2,1-3H3. The van der Waals surface area contributed by atoms with Crippen LogP contribution in [0.2, 0.25) is 0 Å². The highest BCUT2D eigenvalue weighted by atomic mass is 16.3. The molecular weight excluding hydrogens is 174 g/mol. The molecule has 0 amide bonds. The van der Waals surface area contributed by atoms with E-state index in [4.69, 9.17) is 0 Å². The second-order valence-corrected chi connectivity index (χ2v) is 4.87. The minimum Gasteiger partial charge on any atom is -0.393 e. The van der Waals surface area contributed by atoms with Crippen LogP contribution in [0.3, 0.4) is 0 Å². The SMILES string of the molecule is CCCN(CC1CC1)C(C)CC(C)O. The Morgan fingerprint density at radius 1 is 1.36 bits per heavy atom. The van der Waals surface area contributed by atoms with Crippen molar-refractivity contribution < 1.29 is 5.11 Å². The lowest BCUT2D eigenvalue weighted by atomic mass is 10.1. The predicted octanol–water partition coefficient (Wildman–Crippen LogP) is 2.27. The van der Waals surface area contributed by atoms with Crippen molar-refractivity contribution in [2.45, 2.75) is 58.6 Å². The van der Waals surface area contributed by atoms with E-state index < -0.39 is 0 Å². The number of aliphatic hydroxyl groups is 1. The highest BCUT2D eigenvalue weighted by Crippen LogP contribution is 2.30. The lowest BCUT2D eigenvalue weighted by molar-refractivity contribution is 0.116. The molecule has 84 valence electrons. The van der Waals surface area contributed by atoms with Crippen LogP contribution < -0.4 is 0 Å². The van der Waals surface area contributed by atoms with Gasteiger partial charge in [-0.2, -0.15) is 0 Å². The summed E-state index contributed by atoms with van der Waals surface area (Å²) in [5.41, 5.74) is 0. The van der Waals surface area contributed by atoms with Crippen molar-refractivity contribution >= 4 is 0 Å². The molecule has 0 saturated heterocycles. The van der Waals surface area contributed by atoms with Gasteiger partial charge in [0.2, 0.25) is 0 Å². The summed E-state index contributed by atoms with van der Waals surface area (Å²) < 4.78 is 0. The zero-order chi connectivity index (χ0) is 10.6. The van der Waals surface area contributed by atoms with E-state index in [1.165, 1.54) is 32.4 Å². The number of hydrogen-bond acceptors (Lipinski definition) is 2. The Morgan fingerprint density at radius 2 is 2.00 bits per heavy atom. The van der Waals surface area contributed by atoms with Gasteiger partial charge in [0.1, 0.15) is 0 Å². The van der Waals surface area contributed by atoms with Crippen LogP contribution in [0.15, 0.2) is 0 Å². The van der Waals surface area contributed by atoms with Crippen molar-refractivity contribution in [1.82, 2.24) is 4.90 Å². The maximum absolute atomic E-state index is 9.36. The summed E-state index contributed by atoms with van der Waals surface area (Å²) in [6, 6.07) is 0.538. The summed E-state index contributed by atoms with van der Waals surface area (Å²) in [5.74, 6) is 0.956. The van der Waals surface area contributed by atoms with Gasteiger partial charge in [0.25, 0.3) is 0 Å². The van der Waals surface area contributed by atoms with Gasteiger partial charge in [0.15, 0.2) is 0 Å². The maximum Gasteiger partial charge on any atom is 0.0526 e. The van der Waals surface area contributed by atoms with E-state index in [1.54, 1.807) is 0 Å². The van der Waals surface area contributed by atoms with Gasteiger partial charge in [-0.15, -0.1) is 0 Å². The molecule has 14 heavy (non-hydrogen) atoms. The highest BCUT2D eigenvalue weighted by Gasteiger charge is 2.26. The maximum atomic E-state index is 9.36. The molecule has 0 aromatic rings. The van der Waals surface area contributed by atoms with Gasteiger partial charge in [0.05, 0.1) is 6.10 Å². The summed E-state index contributed by atoms with van der Waals surface area (Å²) in [4.78, 5) is 2.55. The normalized spacial score (nSPS) is 21.2. The first-order valence-electron chi connectivity index (χ1n) is 6.05. The molecule has 1 fully saturated rings. The van der Waals surface area contributed by atoms with E-state index in [0.29, 0.717) is 6.04 Å². The van der Waals surface area contributed by atoms with Gasteiger partial charge in [-0.3, -0.25) is 0 Å². The number of rotatable bonds is 7. The molecule has 2 heteroatoms. The lowest BCUT2D eigenvalue weighted by Gasteiger charge is -2.29. The summed E-state index contributed by atoms with van der Waals surface area (Å²) in [6.07, 6.45) is 4.80. The molecule has 1 rings (SSSR count). The van der Waals surface area contributed by atoms with Gasteiger partial charge in [-0.05, 0) is 52.0 Å². The van der Waals surface area contributed by atoms with Gasteiger partial charge in [-0.1, -0.05) is 6.92 Å². The minimum absolute atomic E-state index is 0.163. The predicted molar refractivity (Wildman–Crippen MR) is 60.3 cm³/mol. The largest absolute Gasteiger partial charge is 0.393 e. The van der Waals surface area contributed by atoms with Crippen LogP contribution in [0, 0.1) is 5.92 Å². The average molecular weight is 199 g/mol. The topological polar surface area (TPSA) is 23.5 Å². The van der Waals surface area contributed by atoms with E-state index in [1.807, 2.05) is 6.92 Å². The van der Waals surface area contributed by atoms with E-state index in [0.717, 1.165) is 12.3 Å². The molecule has 2 atom stereocenters. The van der Waals surface area contributed by atoms with E-state index >= 15 is 0 Å². The molecular formula is C12H25NO. The summed E-state index contributed by atoms with van der Waals surface area (Å²) in [7, 11) is 0. The fourth-order valence-electron chi connectivity index (χ4n) is 2.05. The van der Waals surface area contributed by atoms with Crippen molar-refractivity contribution in [2.24, 2.45) is 5.92 Å². The first kappa shape index (κ1) is 12.0. The molecule has 1 aliphatic carbocycles. The Bertz CT molecular complexity index is 154. The molecule has 0 radical (unpaired) electrons. The van der Waals surface area contributed by atoms with Gasteiger partial charge < -0.3 is 10.0 Å². The number of hydrogen-bond donors (Lipinski definition) is 1. The molecule has 0 bridgehead atoms. The van der Waals surface area contributed by atoms with E-state index in [2.05, 4.69) is 18.7 Å². The first-order chi connectivity index (χ1) is 6.63. The van der Waals surface area contributed by atoms with Crippen LogP contribution >= 0.6 is 0 Å². The number of nitrogens with zero attached hydrogens (tertiary/aromatic N) is 1. The van der Waals surface area contributed by atoms with E-state index in [9.17, 15) is 5.11 Å². The van der Waals surface area contributed by atoms with Crippen LogP contribution in [0.5, 0.6) is 0 Å². The van der Waals surface area contributed by atoms with Gasteiger partial charge in [0, 0.05) is 12.6 Å². The summed E-state index contributed by atoms with van der Waals surface area (Å²) >= 11 is 0. The van der Waals surface area contributed by atoms with Gasteiger partial charge >= 0.3 is 0 Å². The van der Waals surface area contributed by atoms with E-state index in [-0.39, 0.29) is 6.10 Å². The zero-order valence-corrected chi connectivity index (χ0v) is 9.87. The fourth-order valence-corrected chi connectivity index (χ4v) is 2.05. The summed E-state index contributed by atoms with van der Waals surface area (Å²) in [5, 5.41) is 9.36. The van der Waals surface area contributed by atoms with Crippen molar-refractivity contribution in [3.63, 3.8) is 0 Å². The molecule has 2 nitrogen and oxygen atoms in total. The molecule has 1 N–H and O–H groups in total. The molecule has 0 aliphatic heterocycles. The first-order valence-corrected chi connectivity index (χ1v) is 6.05. The van der Waals surface area contributed by atoms with Gasteiger partial charge in [-0.25, -0.2) is 0 Å². The van der Waals surface area contributed by atoms with Crippen molar-refractivity contribution in [1.29, 1.82) is 0 Å². The molecule has 2 unspecified atom stereocenters. The Kier molecular flexibility index (Phi) is 4.90. The highest BCUT2D eigenvalue weighted by molar-refractivity contribution is 4.80. The summed E-state index contributed by atoms with van der Waals surface area (Å²) in [6.45, 7) is 8.80. The number of aliphatic hydroxyl groups excluding tert-OH is 1. The van der Waals surface area contributed by atoms with Crippen molar-refractivity contribution in [3.05, 3.63) is 0 Å². The minimum atomic E-state index is -0.163. The molecule has 1 aliphatic rings. The van der Waals surface area contributed by atoms with Crippen LogP contribution in [0.1, 0.15) is 46.5 Å². The molecule has 1 saturated carbocycles. The molecule has 0 heterocycles. The second-order valence-electron chi connectivity index (χ2n) is 4.87. The van der Waals surface area contributed by atoms with Crippen LogP contribution in [-0.2, 0) is 0 Å². The monoisotopic (exact) mass is 199 g/mol. The van der Waals surface area contributed by atoms with Crippen molar-refractivity contribution in [3.8, 4) is 0 Å². The Hall–Kier alpha value is -0.0800. The molecule has 0 aromatic carbocycles. The lowest BCUT2D eigenvalue weighted by Crippen LogP contribution is -2.37. The smallest absolute Gasteiger partial charge is 0.0526 e. The van der Waals surface area contributed by atoms with Crippen LogP contribution in [0.4, 0.5) is 0 Å². The fraction of sp³-hybridized carbons (Fsp3) is 1.00. The third-order valence-corrected chi connectivity index (χ3v) is 3.01. The molecule has 0 spiro atoms. The Morgan fingerprint density at radius 3 is 2.43 bits per heavy atom. The quantitative estimate of drug-likeness (QED) is 0.680. The third-order valence-electron chi connectivity index (χ3n) is 3.01. The van der Waals surface area contributed by atoms with Crippen LogP contribution in [0.25, 0.3) is 0 Å². The third kappa shape index (κ3) is 4.43.